The molecule has 0 aromatic heterocycles. The highest BCUT2D eigenvalue weighted by Gasteiger charge is 2.08. The summed E-state index contributed by atoms with van der Waals surface area (Å²) in [6.07, 6.45) is 0.478. The molecule has 1 amide bonds. The summed E-state index contributed by atoms with van der Waals surface area (Å²) in [4.78, 5) is 24.2. The average molecular weight is 366 g/mol. The third-order valence-corrected chi connectivity index (χ3v) is 4.09. The molecule has 0 radical (unpaired) electrons. The molecular formula is C19H30N2O5. The second-order valence-corrected chi connectivity index (χ2v) is 5.85. The number of rotatable bonds is 13. The number of hydrogen-bond donors (Lipinski definition) is 2. The predicted octanol–water partition coefficient (Wildman–Crippen LogP) is 1.94. The fourth-order valence-electron chi connectivity index (χ4n) is 2.47. The number of carboxylic acids is 1. The van der Waals surface area contributed by atoms with E-state index in [-0.39, 0.29) is 18.7 Å². The van der Waals surface area contributed by atoms with Crippen molar-refractivity contribution in [2.75, 3.05) is 39.9 Å². The Morgan fingerprint density at radius 3 is 2.50 bits per heavy atom. The summed E-state index contributed by atoms with van der Waals surface area (Å²) in [6, 6.07) is 5.72. The maximum absolute atomic E-state index is 11.5. The number of nitrogens with one attached hydrogen (secondary N) is 1. The van der Waals surface area contributed by atoms with Crippen LogP contribution in [-0.4, -0.2) is 61.8 Å². The molecule has 0 aliphatic heterocycles. The summed E-state index contributed by atoms with van der Waals surface area (Å²) in [6.45, 7) is 8.14. The molecule has 0 atom stereocenters. The minimum Gasteiger partial charge on any atom is -0.493 e. The Bertz CT molecular complexity index is 573. The molecule has 0 bridgehead atoms. The molecule has 7 nitrogen and oxygen atoms in total. The first-order valence-electron chi connectivity index (χ1n) is 9.00. The molecule has 1 rings (SSSR count). The van der Waals surface area contributed by atoms with Gasteiger partial charge in [-0.1, -0.05) is 19.9 Å². The fraction of sp³-hybridized carbons (Fsp3) is 0.579. The lowest BCUT2D eigenvalue weighted by atomic mass is 10.1. The summed E-state index contributed by atoms with van der Waals surface area (Å²) in [5, 5.41) is 11.3. The Hall–Kier alpha value is -2.28. The number of ether oxygens (including phenoxy) is 2. The molecule has 1 aromatic rings. The van der Waals surface area contributed by atoms with Gasteiger partial charge >= 0.3 is 5.97 Å². The van der Waals surface area contributed by atoms with Gasteiger partial charge in [0.2, 0.25) is 5.91 Å². The van der Waals surface area contributed by atoms with Gasteiger partial charge in [-0.3, -0.25) is 9.59 Å². The topological polar surface area (TPSA) is 88.1 Å². The number of hydrogen-bond acceptors (Lipinski definition) is 5. The highest BCUT2D eigenvalue weighted by molar-refractivity contribution is 5.80. The zero-order chi connectivity index (χ0) is 19.4. The molecule has 0 heterocycles. The van der Waals surface area contributed by atoms with Crippen molar-refractivity contribution in [1.29, 1.82) is 0 Å². The van der Waals surface area contributed by atoms with E-state index >= 15 is 0 Å². The second kappa shape index (κ2) is 12.1. The van der Waals surface area contributed by atoms with Crippen LogP contribution in [-0.2, 0) is 16.0 Å². The van der Waals surface area contributed by atoms with Gasteiger partial charge in [-0.05, 0) is 37.2 Å². The van der Waals surface area contributed by atoms with Crippen molar-refractivity contribution in [1.82, 2.24) is 10.2 Å². The van der Waals surface area contributed by atoms with E-state index in [2.05, 4.69) is 24.1 Å². The molecule has 26 heavy (non-hydrogen) atoms. The van der Waals surface area contributed by atoms with Gasteiger partial charge in [-0.2, -0.15) is 0 Å². The van der Waals surface area contributed by atoms with Gasteiger partial charge in [0.25, 0.3) is 0 Å². The van der Waals surface area contributed by atoms with Crippen molar-refractivity contribution in [2.45, 2.75) is 33.1 Å². The van der Waals surface area contributed by atoms with Gasteiger partial charge < -0.3 is 24.8 Å². The van der Waals surface area contributed by atoms with E-state index < -0.39 is 5.97 Å². The summed E-state index contributed by atoms with van der Waals surface area (Å²) < 4.78 is 11.2. The molecule has 2 N–H and O–H groups in total. The Labute approximate surface area is 155 Å². The van der Waals surface area contributed by atoms with E-state index in [1.165, 1.54) is 0 Å². The van der Waals surface area contributed by atoms with Crippen LogP contribution < -0.4 is 14.8 Å². The lowest BCUT2D eigenvalue weighted by Gasteiger charge is -2.19. The van der Waals surface area contributed by atoms with Crippen molar-refractivity contribution < 1.29 is 24.2 Å². The van der Waals surface area contributed by atoms with Crippen molar-refractivity contribution in [3.63, 3.8) is 0 Å². The molecule has 0 saturated carbocycles. The number of benzene rings is 1. The first-order chi connectivity index (χ1) is 12.5. The molecule has 0 spiro atoms. The van der Waals surface area contributed by atoms with E-state index in [1.807, 2.05) is 18.2 Å². The van der Waals surface area contributed by atoms with Crippen LogP contribution in [0.25, 0.3) is 0 Å². The molecule has 0 saturated heterocycles. The lowest BCUT2D eigenvalue weighted by molar-refractivity contribution is -0.138. The van der Waals surface area contributed by atoms with Gasteiger partial charge in [0.15, 0.2) is 11.5 Å². The smallest absolute Gasteiger partial charge is 0.303 e. The van der Waals surface area contributed by atoms with E-state index in [9.17, 15) is 9.59 Å². The Kier molecular flexibility index (Phi) is 10.2. The molecule has 1 aromatic carbocycles. The average Bonchev–Trinajstić information content (AvgIpc) is 2.64. The van der Waals surface area contributed by atoms with Gasteiger partial charge in [0.1, 0.15) is 6.61 Å². The van der Waals surface area contributed by atoms with Crippen LogP contribution in [0.5, 0.6) is 11.5 Å². The summed E-state index contributed by atoms with van der Waals surface area (Å²) in [5.41, 5.74) is 1.01. The maximum Gasteiger partial charge on any atom is 0.303 e. The van der Waals surface area contributed by atoms with Gasteiger partial charge in [-0.15, -0.1) is 0 Å². The Morgan fingerprint density at radius 2 is 1.88 bits per heavy atom. The minimum atomic E-state index is -0.971. The van der Waals surface area contributed by atoms with Crippen LogP contribution in [0.1, 0.15) is 32.3 Å². The van der Waals surface area contributed by atoms with Crippen LogP contribution >= 0.6 is 0 Å². The van der Waals surface area contributed by atoms with Gasteiger partial charge in [0.05, 0.1) is 13.5 Å². The number of likely N-dealkylation sites (N-methyl/N-ethyl adjacent to an activating group) is 1. The quantitative estimate of drug-likeness (QED) is 0.555. The third kappa shape index (κ3) is 8.20. The molecule has 0 aliphatic carbocycles. The largest absolute Gasteiger partial charge is 0.493 e. The standard InChI is InChI=1S/C19H30N2O5/c1-4-21(5-2)12-13-26-16-7-6-15(14-17(16)25-3)10-11-20-18(22)8-9-19(23)24/h6-7,14H,4-5,8-13H2,1-3H3,(H,20,22)(H,23,24). The zero-order valence-corrected chi connectivity index (χ0v) is 15.9. The monoisotopic (exact) mass is 366 g/mol. The van der Waals surface area contributed by atoms with E-state index in [1.54, 1.807) is 7.11 Å². The lowest BCUT2D eigenvalue weighted by Crippen LogP contribution is -2.28. The fourth-order valence-corrected chi connectivity index (χ4v) is 2.47. The van der Waals surface area contributed by atoms with Crippen molar-refractivity contribution in [3.8, 4) is 11.5 Å². The normalized spacial score (nSPS) is 10.6. The van der Waals surface area contributed by atoms with E-state index in [4.69, 9.17) is 14.6 Å². The maximum atomic E-state index is 11.5. The zero-order valence-electron chi connectivity index (χ0n) is 15.9. The number of amides is 1. The summed E-state index contributed by atoms with van der Waals surface area (Å²) in [7, 11) is 1.60. The van der Waals surface area contributed by atoms with Crippen LogP contribution in [0, 0.1) is 0 Å². The second-order valence-electron chi connectivity index (χ2n) is 5.85. The van der Waals surface area contributed by atoms with E-state index in [0.717, 1.165) is 25.2 Å². The molecular weight excluding hydrogens is 336 g/mol. The van der Waals surface area contributed by atoms with Crippen LogP contribution in [0.3, 0.4) is 0 Å². The number of methoxy groups -OCH3 is 1. The summed E-state index contributed by atoms with van der Waals surface area (Å²) in [5.74, 6) is 0.144. The number of nitrogens with zero attached hydrogens (tertiary/aromatic N) is 1. The van der Waals surface area contributed by atoms with Crippen LogP contribution in [0.15, 0.2) is 18.2 Å². The molecule has 146 valence electrons. The third-order valence-electron chi connectivity index (χ3n) is 4.09. The highest BCUT2D eigenvalue weighted by atomic mass is 16.5. The number of carbonyl (C=O) groups excluding carboxylic acids is 1. The minimum absolute atomic E-state index is 0.00201. The first kappa shape index (κ1) is 21.8. The van der Waals surface area contributed by atoms with Gasteiger partial charge in [0, 0.05) is 19.5 Å². The van der Waals surface area contributed by atoms with E-state index in [0.29, 0.717) is 31.1 Å². The van der Waals surface area contributed by atoms with Crippen molar-refractivity contribution in [3.05, 3.63) is 23.8 Å². The summed E-state index contributed by atoms with van der Waals surface area (Å²) >= 11 is 0. The highest BCUT2D eigenvalue weighted by Crippen LogP contribution is 2.28. The number of aliphatic carboxylic acids is 1. The van der Waals surface area contributed by atoms with Crippen molar-refractivity contribution >= 4 is 11.9 Å². The Balaban J connectivity index is 2.46. The molecule has 0 fully saturated rings. The first-order valence-corrected chi connectivity index (χ1v) is 9.00. The molecule has 7 heteroatoms. The molecule has 0 aliphatic rings. The predicted molar refractivity (Wildman–Crippen MR) is 99.9 cm³/mol. The van der Waals surface area contributed by atoms with Crippen molar-refractivity contribution in [2.24, 2.45) is 0 Å². The number of carbonyl (C=O) groups is 2. The van der Waals surface area contributed by atoms with Crippen LogP contribution in [0.2, 0.25) is 0 Å². The van der Waals surface area contributed by atoms with Crippen LogP contribution in [0.4, 0.5) is 0 Å². The SMILES string of the molecule is CCN(CC)CCOc1ccc(CCNC(=O)CCC(=O)O)cc1OC. The molecule has 0 unspecified atom stereocenters. The van der Waals surface area contributed by atoms with Gasteiger partial charge in [-0.25, -0.2) is 0 Å². The Morgan fingerprint density at radius 1 is 1.15 bits per heavy atom. The number of carboxylic acid groups (broad SMARTS) is 1.